The van der Waals surface area contributed by atoms with Gasteiger partial charge in [-0.3, -0.25) is 9.59 Å². The predicted molar refractivity (Wildman–Crippen MR) is 101 cm³/mol. The highest BCUT2D eigenvalue weighted by atomic mass is 19.1. The Kier molecular flexibility index (Phi) is 5.56. The van der Waals surface area contributed by atoms with Crippen LogP contribution in [0.4, 0.5) is 10.1 Å². The van der Waals surface area contributed by atoms with Crippen molar-refractivity contribution in [3.05, 3.63) is 95.1 Å². The first-order chi connectivity index (χ1) is 13.0. The van der Waals surface area contributed by atoms with E-state index < -0.39 is 11.7 Å². The van der Waals surface area contributed by atoms with Crippen LogP contribution in [-0.2, 0) is 6.54 Å². The molecule has 2 aromatic carbocycles. The molecular weight excluding hydrogens is 345 g/mol. The molecule has 0 fully saturated rings. The van der Waals surface area contributed by atoms with E-state index in [2.05, 4.69) is 15.6 Å². The summed E-state index contributed by atoms with van der Waals surface area (Å²) in [6, 6.07) is 17.9. The van der Waals surface area contributed by atoms with Gasteiger partial charge in [0, 0.05) is 12.2 Å². The van der Waals surface area contributed by atoms with Crippen molar-refractivity contribution in [1.29, 1.82) is 0 Å². The Morgan fingerprint density at radius 1 is 0.926 bits per heavy atom. The second-order valence-electron chi connectivity index (χ2n) is 6.04. The summed E-state index contributed by atoms with van der Waals surface area (Å²) in [5, 5.41) is 5.41. The molecule has 0 atom stereocenters. The third-order valence-electron chi connectivity index (χ3n) is 3.85. The lowest BCUT2D eigenvalue weighted by Gasteiger charge is -2.08. The number of aromatic nitrogens is 1. The minimum Gasteiger partial charge on any atom is -0.347 e. The Morgan fingerprint density at radius 3 is 2.30 bits per heavy atom. The zero-order valence-corrected chi connectivity index (χ0v) is 14.7. The molecule has 136 valence electrons. The van der Waals surface area contributed by atoms with Crippen LogP contribution in [0.15, 0.2) is 66.7 Å². The van der Waals surface area contributed by atoms with Gasteiger partial charge in [-0.1, -0.05) is 35.9 Å². The number of rotatable bonds is 5. The van der Waals surface area contributed by atoms with E-state index in [0.717, 1.165) is 11.1 Å². The van der Waals surface area contributed by atoms with E-state index in [9.17, 15) is 14.0 Å². The van der Waals surface area contributed by atoms with Crippen molar-refractivity contribution in [1.82, 2.24) is 10.3 Å². The number of halogens is 1. The maximum Gasteiger partial charge on any atom is 0.274 e. The van der Waals surface area contributed by atoms with E-state index in [-0.39, 0.29) is 17.3 Å². The lowest BCUT2D eigenvalue weighted by molar-refractivity contribution is 0.0945. The summed E-state index contributed by atoms with van der Waals surface area (Å²) >= 11 is 0. The monoisotopic (exact) mass is 363 g/mol. The Hall–Kier alpha value is -3.54. The summed E-state index contributed by atoms with van der Waals surface area (Å²) < 4.78 is 12.9. The van der Waals surface area contributed by atoms with Crippen molar-refractivity contribution in [3.8, 4) is 0 Å². The van der Waals surface area contributed by atoms with Crippen molar-refractivity contribution in [2.24, 2.45) is 0 Å². The smallest absolute Gasteiger partial charge is 0.274 e. The largest absolute Gasteiger partial charge is 0.347 e. The van der Waals surface area contributed by atoms with E-state index in [1.54, 1.807) is 12.1 Å². The fraction of sp³-hybridized carbons (Fsp3) is 0.0952. The van der Waals surface area contributed by atoms with Gasteiger partial charge < -0.3 is 10.6 Å². The summed E-state index contributed by atoms with van der Waals surface area (Å²) in [5.74, 6) is -1.23. The lowest BCUT2D eigenvalue weighted by atomic mass is 10.1. The quantitative estimate of drug-likeness (QED) is 0.726. The number of benzene rings is 2. The van der Waals surface area contributed by atoms with Crippen LogP contribution in [0, 0.1) is 12.7 Å². The fourth-order valence-corrected chi connectivity index (χ4v) is 2.51. The van der Waals surface area contributed by atoms with Gasteiger partial charge in [0.05, 0.1) is 0 Å². The molecule has 0 bridgehead atoms. The molecule has 1 aromatic heterocycles. The molecular formula is C21H18FN3O2. The molecule has 0 unspecified atom stereocenters. The maximum absolute atomic E-state index is 12.9. The molecule has 0 saturated heterocycles. The van der Waals surface area contributed by atoms with Crippen LogP contribution < -0.4 is 10.6 Å². The van der Waals surface area contributed by atoms with E-state index in [0.29, 0.717) is 12.2 Å². The molecule has 27 heavy (non-hydrogen) atoms. The molecule has 6 heteroatoms. The van der Waals surface area contributed by atoms with Crippen LogP contribution in [0.5, 0.6) is 0 Å². The number of carbonyl (C=O) groups excluding carboxylic acids is 2. The molecule has 5 nitrogen and oxygen atoms in total. The van der Waals surface area contributed by atoms with Crippen LogP contribution in [0.3, 0.4) is 0 Å². The molecule has 0 saturated carbocycles. The van der Waals surface area contributed by atoms with Crippen LogP contribution in [0.1, 0.15) is 32.1 Å². The van der Waals surface area contributed by atoms with Crippen molar-refractivity contribution < 1.29 is 14.0 Å². The van der Waals surface area contributed by atoms with E-state index in [4.69, 9.17) is 0 Å². The average Bonchev–Trinajstić information content (AvgIpc) is 2.68. The zero-order chi connectivity index (χ0) is 19.2. The summed E-state index contributed by atoms with van der Waals surface area (Å²) in [6.45, 7) is 2.35. The number of pyridine rings is 1. The highest BCUT2D eigenvalue weighted by Gasteiger charge is 2.12. The summed E-state index contributed by atoms with van der Waals surface area (Å²) in [4.78, 5) is 28.7. The molecule has 0 radical (unpaired) electrons. The molecule has 0 aliphatic heterocycles. The minimum absolute atomic E-state index is 0.0996. The van der Waals surface area contributed by atoms with E-state index >= 15 is 0 Å². The normalized spacial score (nSPS) is 10.3. The third-order valence-corrected chi connectivity index (χ3v) is 3.85. The number of aryl methyl sites for hydroxylation is 1. The fourth-order valence-electron chi connectivity index (χ4n) is 2.51. The van der Waals surface area contributed by atoms with Gasteiger partial charge >= 0.3 is 0 Å². The van der Waals surface area contributed by atoms with E-state index in [1.165, 1.54) is 30.3 Å². The number of amides is 2. The molecule has 2 amide bonds. The Balaban J connectivity index is 1.66. The zero-order valence-electron chi connectivity index (χ0n) is 14.7. The number of nitrogens with zero attached hydrogens (tertiary/aromatic N) is 1. The van der Waals surface area contributed by atoms with Gasteiger partial charge in [0.25, 0.3) is 11.8 Å². The molecule has 0 aliphatic rings. The Bertz CT molecular complexity index is 971. The number of hydrogen-bond acceptors (Lipinski definition) is 3. The van der Waals surface area contributed by atoms with Crippen LogP contribution in [-0.4, -0.2) is 16.8 Å². The Labute approximate surface area is 156 Å². The van der Waals surface area contributed by atoms with E-state index in [1.807, 2.05) is 31.2 Å². The second kappa shape index (κ2) is 8.23. The first kappa shape index (κ1) is 18.3. The van der Waals surface area contributed by atoms with Gasteiger partial charge in [0.2, 0.25) is 0 Å². The first-order valence-electron chi connectivity index (χ1n) is 8.39. The van der Waals surface area contributed by atoms with Crippen molar-refractivity contribution in [2.75, 3.05) is 5.32 Å². The van der Waals surface area contributed by atoms with Gasteiger partial charge in [-0.2, -0.15) is 0 Å². The average molecular weight is 363 g/mol. The molecule has 2 N–H and O–H groups in total. The van der Waals surface area contributed by atoms with Crippen molar-refractivity contribution >= 4 is 17.5 Å². The molecule has 3 aromatic rings. The highest BCUT2D eigenvalue weighted by Crippen LogP contribution is 2.10. The number of carbonyl (C=O) groups is 2. The summed E-state index contributed by atoms with van der Waals surface area (Å²) in [6.07, 6.45) is 0. The maximum atomic E-state index is 12.9. The SMILES string of the molecule is Cc1cccc(CNC(=O)c2cccc(C(=O)Nc3ccc(F)cc3)n2)c1. The predicted octanol–water partition coefficient (Wildman–Crippen LogP) is 3.71. The van der Waals surface area contributed by atoms with Gasteiger partial charge in [-0.05, 0) is 48.9 Å². The third kappa shape index (κ3) is 4.98. The number of hydrogen-bond donors (Lipinski definition) is 2. The van der Waals surface area contributed by atoms with Gasteiger partial charge in [-0.15, -0.1) is 0 Å². The van der Waals surface area contributed by atoms with Crippen LogP contribution >= 0.6 is 0 Å². The van der Waals surface area contributed by atoms with Crippen molar-refractivity contribution in [3.63, 3.8) is 0 Å². The first-order valence-corrected chi connectivity index (χ1v) is 8.39. The number of anilines is 1. The molecule has 0 spiro atoms. The standard InChI is InChI=1S/C21H18FN3O2/c1-14-4-2-5-15(12-14)13-23-20(26)18-6-3-7-19(25-18)21(27)24-17-10-8-16(22)9-11-17/h2-12H,13H2,1H3,(H,23,26)(H,24,27). The molecule has 3 rings (SSSR count). The van der Waals surface area contributed by atoms with Crippen LogP contribution in [0.2, 0.25) is 0 Å². The van der Waals surface area contributed by atoms with Crippen molar-refractivity contribution in [2.45, 2.75) is 13.5 Å². The Morgan fingerprint density at radius 2 is 1.59 bits per heavy atom. The van der Waals surface area contributed by atoms with Gasteiger partial charge in [0.1, 0.15) is 17.2 Å². The second-order valence-corrected chi connectivity index (χ2v) is 6.04. The van der Waals surface area contributed by atoms with Gasteiger partial charge in [-0.25, -0.2) is 9.37 Å². The summed E-state index contributed by atoms with van der Waals surface area (Å²) in [7, 11) is 0. The highest BCUT2D eigenvalue weighted by molar-refractivity contribution is 6.03. The summed E-state index contributed by atoms with van der Waals surface area (Å²) in [5.41, 5.74) is 2.78. The molecule has 0 aliphatic carbocycles. The topological polar surface area (TPSA) is 71.1 Å². The lowest BCUT2D eigenvalue weighted by Crippen LogP contribution is -2.25. The number of nitrogens with one attached hydrogen (secondary N) is 2. The molecule has 1 heterocycles. The van der Waals surface area contributed by atoms with Gasteiger partial charge in [0.15, 0.2) is 0 Å². The van der Waals surface area contributed by atoms with Crippen LogP contribution in [0.25, 0.3) is 0 Å². The minimum atomic E-state index is -0.477.